The first-order valence-electron chi connectivity index (χ1n) is 4.00. The molecule has 0 aromatic heterocycles. The maximum absolute atomic E-state index is 13.1. The maximum atomic E-state index is 13.1. The van der Waals surface area contributed by atoms with Gasteiger partial charge in [0.2, 0.25) is 5.82 Å². The van der Waals surface area contributed by atoms with Crippen LogP contribution >= 0.6 is 0 Å². The third kappa shape index (κ3) is 1.76. The van der Waals surface area contributed by atoms with E-state index in [0.29, 0.717) is 6.08 Å². The van der Waals surface area contributed by atoms with Crippen molar-refractivity contribution in [1.29, 1.82) is 5.26 Å². The number of halogens is 5. The number of rotatable bonds is 1. The van der Waals surface area contributed by atoms with Crippen LogP contribution in [0.2, 0.25) is 0 Å². The smallest absolute Gasteiger partial charge is 0.200 e. The Kier molecular flexibility index (Phi) is 3.28. The molecule has 0 saturated heterocycles. The minimum atomic E-state index is -2.22. The van der Waals surface area contributed by atoms with Gasteiger partial charge in [-0.25, -0.2) is 22.0 Å². The van der Waals surface area contributed by atoms with E-state index < -0.39 is 34.6 Å². The summed E-state index contributed by atoms with van der Waals surface area (Å²) < 4.78 is 64.3. The normalized spacial score (nSPS) is 11.4. The molecule has 0 N–H and O–H groups in total. The van der Waals surface area contributed by atoms with Gasteiger partial charge in [-0.15, -0.1) is 0 Å². The van der Waals surface area contributed by atoms with Crippen LogP contribution in [0.4, 0.5) is 22.0 Å². The Morgan fingerprint density at radius 2 is 1.31 bits per heavy atom. The van der Waals surface area contributed by atoms with Crippen LogP contribution in [-0.2, 0) is 0 Å². The largest absolute Gasteiger partial charge is 0.203 e. The van der Waals surface area contributed by atoms with Crippen molar-refractivity contribution in [2.45, 2.75) is 6.92 Å². The molecule has 16 heavy (non-hydrogen) atoms. The molecule has 0 fully saturated rings. The highest BCUT2D eigenvalue weighted by Gasteiger charge is 2.26. The number of allylic oxidation sites excluding steroid dienone is 2. The van der Waals surface area contributed by atoms with Gasteiger partial charge in [-0.05, 0) is 12.5 Å². The Morgan fingerprint density at radius 3 is 1.69 bits per heavy atom. The molecule has 0 aliphatic carbocycles. The molecule has 0 heterocycles. The number of hydrogen-bond donors (Lipinski definition) is 0. The van der Waals surface area contributed by atoms with Gasteiger partial charge in [0, 0.05) is 6.08 Å². The minimum Gasteiger partial charge on any atom is -0.203 e. The highest BCUT2D eigenvalue weighted by atomic mass is 19.2. The van der Waals surface area contributed by atoms with Crippen molar-refractivity contribution in [3.63, 3.8) is 0 Å². The summed E-state index contributed by atoms with van der Waals surface area (Å²) in [5, 5.41) is 8.24. The summed E-state index contributed by atoms with van der Waals surface area (Å²) in [6.45, 7) is 1.07. The molecule has 0 aliphatic heterocycles. The quantitative estimate of drug-likeness (QED) is 0.316. The van der Waals surface area contributed by atoms with Gasteiger partial charge in [-0.2, -0.15) is 5.26 Å². The average Bonchev–Trinajstić information content (AvgIpc) is 2.24. The van der Waals surface area contributed by atoms with Crippen molar-refractivity contribution in [3.8, 4) is 6.07 Å². The lowest BCUT2D eigenvalue weighted by Gasteiger charge is -2.07. The fourth-order valence-electron chi connectivity index (χ4n) is 1.12. The van der Waals surface area contributed by atoms with E-state index in [9.17, 15) is 22.0 Å². The van der Waals surface area contributed by atoms with E-state index in [2.05, 4.69) is 0 Å². The number of nitrogens with zero attached hydrogens (tertiary/aromatic N) is 1. The van der Waals surface area contributed by atoms with Gasteiger partial charge in [0.25, 0.3) is 0 Å². The summed E-state index contributed by atoms with van der Waals surface area (Å²) in [5.41, 5.74) is -1.42. The van der Waals surface area contributed by atoms with E-state index in [0.717, 1.165) is 6.92 Å². The monoisotopic (exact) mass is 233 g/mol. The molecule has 6 heteroatoms. The molecule has 0 atom stereocenters. The van der Waals surface area contributed by atoms with Crippen molar-refractivity contribution in [2.75, 3.05) is 0 Å². The fraction of sp³-hybridized carbons (Fsp3) is 0.100. The summed E-state index contributed by atoms with van der Waals surface area (Å²) >= 11 is 0. The molecule has 0 bridgehead atoms. The van der Waals surface area contributed by atoms with Crippen molar-refractivity contribution >= 4 is 5.57 Å². The summed E-state index contributed by atoms with van der Waals surface area (Å²) in [7, 11) is 0. The average molecular weight is 233 g/mol. The Balaban J connectivity index is 3.66. The Hall–Kier alpha value is -1.90. The summed E-state index contributed by atoms with van der Waals surface area (Å²) in [5.74, 6) is -10.2. The van der Waals surface area contributed by atoms with Crippen LogP contribution in [0.15, 0.2) is 6.08 Å². The highest BCUT2D eigenvalue weighted by Crippen LogP contribution is 2.27. The van der Waals surface area contributed by atoms with Crippen molar-refractivity contribution in [1.82, 2.24) is 0 Å². The highest BCUT2D eigenvalue weighted by molar-refractivity contribution is 5.67. The first kappa shape index (κ1) is 12.2. The van der Waals surface area contributed by atoms with E-state index in [1.54, 1.807) is 0 Å². The molecular weight excluding hydrogens is 229 g/mol. The van der Waals surface area contributed by atoms with Gasteiger partial charge in [0.1, 0.15) is 0 Å². The van der Waals surface area contributed by atoms with Gasteiger partial charge in [-0.3, -0.25) is 0 Å². The fourth-order valence-corrected chi connectivity index (χ4v) is 1.12. The molecular formula is C10H4F5N. The van der Waals surface area contributed by atoms with Gasteiger partial charge in [0.05, 0.1) is 11.6 Å². The Morgan fingerprint density at radius 1 is 0.938 bits per heavy atom. The lowest BCUT2D eigenvalue weighted by molar-refractivity contribution is 0.376. The van der Waals surface area contributed by atoms with E-state index in [-0.39, 0.29) is 5.57 Å². The predicted octanol–water partition coefficient (Wildman–Crippen LogP) is 3.31. The molecule has 0 radical (unpaired) electrons. The second-order valence-electron chi connectivity index (χ2n) is 2.90. The molecule has 1 nitrogen and oxygen atoms in total. The van der Waals surface area contributed by atoms with Crippen LogP contribution in [0.3, 0.4) is 0 Å². The molecule has 1 aromatic rings. The minimum absolute atomic E-state index is 0.338. The molecule has 1 rings (SSSR count). The van der Waals surface area contributed by atoms with Gasteiger partial charge in [0.15, 0.2) is 23.3 Å². The van der Waals surface area contributed by atoms with Crippen LogP contribution in [0, 0.1) is 40.4 Å². The second kappa shape index (κ2) is 4.31. The van der Waals surface area contributed by atoms with E-state index in [1.165, 1.54) is 6.07 Å². The number of benzene rings is 1. The second-order valence-corrected chi connectivity index (χ2v) is 2.90. The van der Waals surface area contributed by atoms with Crippen LogP contribution < -0.4 is 0 Å². The van der Waals surface area contributed by atoms with Gasteiger partial charge in [-0.1, -0.05) is 0 Å². The number of nitriles is 1. The van der Waals surface area contributed by atoms with Crippen LogP contribution in [0.5, 0.6) is 0 Å². The molecule has 0 amide bonds. The Labute approximate surface area is 87.4 Å². The van der Waals surface area contributed by atoms with E-state index in [4.69, 9.17) is 5.26 Å². The predicted molar refractivity (Wildman–Crippen MR) is 45.5 cm³/mol. The van der Waals surface area contributed by atoms with Gasteiger partial charge < -0.3 is 0 Å². The zero-order chi connectivity index (χ0) is 12.5. The first-order chi connectivity index (χ1) is 7.41. The van der Waals surface area contributed by atoms with Crippen molar-refractivity contribution < 1.29 is 22.0 Å². The summed E-state index contributed by atoms with van der Waals surface area (Å²) in [6.07, 6.45) is 0.693. The third-order valence-electron chi connectivity index (χ3n) is 1.89. The molecule has 0 saturated carbocycles. The van der Waals surface area contributed by atoms with Crippen LogP contribution in [0.1, 0.15) is 12.5 Å². The van der Waals surface area contributed by atoms with Crippen molar-refractivity contribution in [2.24, 2.45) is 0 Å². The van der Waals surface area contributed by atoms with E-state index >= 15 is 0 Å². The lowest BCUT2D eigenvalue weighted by Crippen LogP contribution is -2.05. The molecule has 84 valence electrons. The summed E-state index contributed by atoms with van der Waals surface area (Å²) in [4.78, 5) is 0. The van der Waals surface area contributed by atoms with Crippen LogP contribution in [0.25, 0.3) is 5.57 Å². The standard InChI is InChI=1S/C10H4F5N/c1-4(2-3-16)5-6(11)8(13)10(15)9(14)7(5)12/h2H,1H3. The molecule has 1 aromatic carbocycles. The van der Waals surface area contributed by atoms with E-state index in [1.807, 2.05) is 0 Å². The molecule has 0 aliphatic rings. The van der Waals surface area contributed by atoms with Gasteiger partial charge >= 0.3 is 0 Å². The topological polar surface area (TPSA) is 23.8 Å². The molecule has 0 spiro atoms. The third-order valence-corrected chi connectivity index (χ3v) is 1.89. The van der Waals surface area contributed by atoms with Crippen molar-refractivity contribution in [3.05, 3.63) is 40.7 Å². The molecule has 0 unspecified atom stereocenters. The first-order valence-corrected chi connectivity index (χ1v) is 4.00. The zero-order valence-corrected chi connectivity index (χ0v) is 7.91. The number of hydrogen-bond acceptors (Lipinski definition) is 1. The lowest BCUT2D eigenvalue weighted by atomic mass is 10.0. The Bertz CT molecular complexity index is 484. The SMILES string of the molecule is CC(=CC#N)c1c(F)c(F)c(F)c(F)c1F. The summed E-state index contributed by atoms with van der Waals surface area (Å²) in [6, 6.07) is 1.44. The zero-order valence-electron chi connectivity index (χ0n) is 7.91. The van der Waals surface area contributed by atoms with Crippen LogP contribution in [-0.4, -0.2) is 0 Å². The maximum Gasteiger partial charge on any atom is 0.200 e.